The lowest BCUT2D eigenvalue weighted by Crippen LogP contribution is -2.47. The highest BCUT2D eigenvalue weighted by Gasteiger charge is 2.32. The summed E-state index contributed by atoms with van der Waals surface area (Å²) in [5.74, 6) is -0.870. The van der Waals surface area contributed by atoms with Crippen LogP contribution in [0, 0.1) is 0 Å². The van der Waals surface area contributed by atoms with E-state index in [1.165, 1.54) is 26.4 Å². The number of hydrogen-bond donors (Lipinski definition) is 1. The molecule has 0 spiro atoms. The third-order valence-electron chi connectivity index (χ3n) is 2.34. The van der Waals surface area contributed by atoms with E-state index in [9.17, 15) is 19.5 Å². The van der Waals surface area contributed by atoms with Gasteiger partial charge in [0.1, 0.15) is 0 Å². The van der Waals surface area contributed by atoms with Crippen molar-refractivity contribution in [2.75, 3.05) is 7.11 Å². The highest BCUT2D eigenvalue weighted by molar-refractivity contribution is 5.78. The van der Waals surface area contributed by atoms with E-state index in [4.69, 9.17) is 0 Å². The largest absolute Gasteiger partial charge is 0.467 e. The molecular formula is C10H14N2O5. The molecule has 0 saturated carbocycles. The number of aromatic nitrogens is 2. The summed E-state index contributed by atoms with van der Waals surface area (Å²) in [6.45, 7) is 0.872. The van der Waals surface area contributed by atoms with Gasteiger partial charge < -0.3 is 19.0 Å². The molecule has 0 aliphatic heterocycles. The molecule has 1 unspecified atom stereocenters. The molecule has 0 bridgehead atoms. The molecule has 1 aromatic rings. The van der Waals surface area contributed by atoms with Crippen LogP contribution in [0.3, 0.4) is 0 Å². The van der Waals surface area contributed by atoms with Crippen molar-refractivity contribution >= 4 is 5.97 Å². The highest BCUT2D eigenvalue weighted by atomic mass is 16.5. The van der Waals surface area contributed by atoms with E-state index in [0.717, 1.165) is 16.2 Å². The van der Waals surface area contributed by atoms with E-state index >= 15 is 0 Å². The van der Waals surface area contributed by atoms with E-state index in [2.05, 4.69) is 4.74 Å². The highest BCUT2D eigenvalue weighted by Crippen LogP contribution is 2.07. The van der Waals surface area contributed by atoms with Gasteiger partial charge in [0.05, 0.1) is 13.7 Å². The smallest absolute Gasteiger partial charge is 0.339 e. The van der Waals surface area contributed by atoms with E-state index in [1.54, 1.807) is 0 Å². The van der Waals surface area contributed by atoms with Crippen molar-refractivity contribution in [2.45, 2.75) is 19.1 Å². The van der Waals surface area contributed by atoms with Crippen molar-refractivity contribution in [2.24, 2.45) is 7.05 Å². The second-order valence-corrected chi connectivity index (χ2v) is 3.91. The first-order valence-electron chi connectivity index (χ1n) is 4.86. The lowest BCUT2D eigenvalue weighted by atomic mass is 10.1. The summed E-state index contributed by atoms with van der Waals surface area (Å²) in [5.41, 5.74) is -3.39. The molecule has 0 radical (unpaired) electrons. The summed E-state index contributed by atoms with van der Waals surface area (Å²) in [6.07, 6.45) is 2.69. The van der Waals surface area contributed by atoms with Gasteiger partial charge in [-0.25, -0.2) is 4.79 Å². The van der Waals surface area contributed by atoms with Gasteiger partial charge in [0, 0.05) is 19.4 Å². The van der Waals surface area contributed by atoms with Gasteiger partial charge in [-0.15, -0.1) is 0 Å². The first kappa shape index (κ1) is 13.2. The molecule has 0 amide bonds. The monoisotopic (exact) mass is 242 g/mol. The van der Waals surface area contributed by atoms with Crippen LogP contribution in [0.5, 0.6) is 0 Å². The molecule has 0 fully saturated rings. The molecule has 1 N–H and O–H groups in total. The number of rotatable bonds is 3. The van der Waals surface area contributed by atoms with Crippen LogP contribution in [0.1, 0.15) is 6.92 Å². The molecule has 0 aliphatic rings. The van der Waals surface area contributed by atoms with Crippen molar-refractivity contribution in [3.05, 3.63) is 33.1 Å². The summed E-state index contributed by atoms with van der Waals surface area (Å²) in [4.78, 5) is 34.1. The predicted octanol–water partition coefficient (Wildman–Crippen LogP) is -1.53. The minimum atomic E-state index is -1.86. The minimum absolute atomic E-state index is 0.339. The van der Waals surface area contributed by atoms with Crippen molar-refractivity contribution in [3.63, 3.8) is 0 Å². The molecule has 1 atom stereocenters. The average molecular weight is 242 g/mol. The summed E-state index contributed by atoms with van der Waals surface area (Å²) >= 11 is 0. The SMILES string of the molecule is COC(=O)C(C)(O)Cn1ccn(C)c(=O)c1=O. The Hall–Kier alpha value is -1.89. The number of ether oxygens (including phenoxy) is 1. The van der Waals surface area contributed by atoms with Gasteiger partial charge in [0.15, 0.2) is 5.60 Å². The molecule has 7 heteroatoms. The molecule has 0 aromatic carbocycles. The molecule has 1 rings (SSSR count). The molecule has 7 nitrogen and oxygen atoms in total. The maximum absolute atomic E-state index is 11.5. The van der Waals surface area contributed by atoms with Crippen LogP contribution in [0.4, 0.5) is 0 Å². The van der Waals surface area contributed by atoms with Crippen LogP contribution < -0.4 is 11.1 Å². The Bertz CT molecular complexity index is 540. The second kappa shape index (κ2) is 4.54. The van der Waals surface area contributed by atoms with E-state index < -0.39 is 22.7 Å². The summed E-state index contributed by atoms with van der Waals surface area (Å²) in [6, 6.07) is 0. The topological polar surface area (TPSA) is 90.5 Å². The van der Waals surface area contributed by atoms with Crippen molar-refractivity contribution in [1.29, 1.82) is 0 Å². The second-order valence-electron chi connectivity index (χ2n) is 3.91. The number of hydrogen-bond acceptors (Lipinski definition) is 5. The lowest BCUT2D eigenvalue weighted by Gasteiger charge is -2.20. The lowest BCUT2D eigenvalue weighted by molar-refractivity contribution is -0.161. The van der Waals surface area contributed by atoms with Crippen LogP contribution >= 0.6 is 0 Å². The average Bonchev–Trinajstić information content (AvgIpc) is 2.28. The van der Waals surface area contributed by atoms with Gasteiger partial charge in [0.25, 0.3) is 0 Å². The maximum atomic E-state index is 11.5. The van der Waals surface area contributed by atoms with Gasteiger partial charge in [-0.2, -0.15) is 0 Å². The normalized spacial score (nSPS) is 14.1. The van der Waals surface area contributed by atoms with Crippen LogP contribution in [0.2, 0.25) is 0 Å². The number of methoxy groups -OCH3 is 1. The van der Waals surface area contributed by atoms with Gasteiger partial charge in [-0.05, 0) is 6.92 Å². The van der Waals surface area contributed by atoms with Crippen molar-refractivity contribution in [3.8, 4) is 0 Å². The van der Waals surface area contributed by atoms with Crippen molar-refractivity contribution in [1.82, 2.24) is 9.13 Å². The predicted molar refractivity (Wildman–Crippen MR) is 58.6 cm³/mol. The molecule has 0 saturated heterocycles. The molecule has 94 valence electrons. The van der Waals surface area contributed by atoms with E-state index in [0.29, 0.717) is 0 Å². The summed E-state index contributed by atoms with van der Waals surface area (Å²) in [5, 5.41) is 9.78. The number of esters is 1. The van der Waals surface area contributed by atoms with Gasteiger partial charge in [-0.3, -0.25) is 9.59 Å². The number of nitrogens with zero attached hydrogens (tertiary/aromatic N) is 2. The Morgan fingerprint density at radius 2 is 2.00 bits per heavy atom. The number of carbonyl (C=O) groups excluding carboxylic acids is 1. The van der Waals surface area contributed by atoms with E-state index in [-0.39, 0.29) is 6.54 Å². The first-order chi connectivity index (χ1) is 7.79. The van der Waals surface area contributed by atoms with Crippen LogP contribution in [0.15, 0.2) is 22.0 Å². The zero-order valence-corrected chi connectivity index (χ0v) is 9.84. The molecular weight excluding hydrogens is 228 g/mol. The first-order valence-corrected chi connectivity index (χ1v) is 4.86. The van der Waals surface area contributed by atoms with Gasteiger partial charge >= 0.3 is 17.1 Å². The molecule has 1 aromatic heterocycles. The Morgan fingerprint density at radius 1 is 1.41 bits per heavy atom. The minimum Gasteiger partial charge on any atom is -0.467 e. The maximum Gasteiger partial charge on any atom is 0.339 e. The fourth-order valence-electron chi connectivity index (χ4n) is 1.33. The van der Waals surface area contributed by atoms with Crippen LogP contribution in [0.25, 0.3) is 0 Å². The fraction of sp³-hybridized carbons (Fsp3) is 0.500. The quantitative estimate of drug-likeness (QED) is 0.513. The molecule has 1 heterocycles. The Kier molecular flexibility index (Phi) is 3.52. The zero-order chi connectivity index (χ0) is 13.2. The summed E-state index contributed by atoms with van der Waals surface area (Å²) in [7, 11) is 2.57. The molecule has 17 heavy (non-hydrogen) atoms. The van der Waals surface area contributed by atoms with Crippen LogP contribution in [-0.2, 0) is 23.1 Å². The van der Waals surface area contributed by atoms with Gasteiger partial charge in [0.2, 0.25) is 0 Å². The van der Waals surface area contributed by atoms with Crippen molar-refractivity contribution < 1.29 is 14.6 Å². The standard InChI is InChI=1S/C10H14N2O5/c1-10(16,9(15)17-3)6-12-5-4-11(2)7(13)8(12)14/h4-5,16H,6H2,1-3H3. The van der Waals surface area contributed by atoms with Crippen LogP contribution in [-0.4, -0.2) is 32.9 Å². The zero-order valence-electron chi connectivity index (χ0n) is 9.84. The fourth-order valence-corrected chi connectivity index (χ4v) is 1.33. The number of carbonyl (C=O) groups is 1. The number of aryl methyl sites for hydroxylation is 1. The third-order valence-corrected chi connectivity index (χ3v) is 2.34. The Morgan fingerprint density at radius 3 is 2.53 bits per heavy atom. The molecule has 0 aliphatic carbocycles. The Balaban J connectivity index is 3.14. The number of aliphatic hydroxyl groups is 1. The Labute approximate surface area is 96.9 Å². The third kappa shape index (κ3) is 2.62. The van der Waals surface area contributed by atoms with Gasteiger partial charge in [-0.1, -0.05) is 0 Å². The van der Waals surface area contributed by atoms with E-state index in [1.807, 2.05) is 0 Å². The summed E-state index contributed by atoms with van der Waals surface area (Å²) < 4.78 is 6.48.